The lowest BCUT2D eigenvalue weighted by atomic mass is 10.0. The average molecular weight is 464 g/mol. The summed E-state index contributed by atoms with van der Waals surface area (Å²) in [6.45, 7) is 3.81. The Morgan fingerprint density at radius 2 is 1.85 bits per heavy atom. The van der Waals surface area contributed by atoms with Crippen molar-refractivity contribution in [3.8, 4) is 0 Å². The van der Waals surface area contributed by atoms with E-state index in [0.717, 1.165) is 23.5 Å². The second kappa shape index (κ2) is 9.84. The van der Waals surface area contributed by atoms with Gasteiger partial charge in [-0.15, -0.1) is 0 Å². The summed E-state index contributed by atoms with van der Waals surface area (Å²) >= 11 is 0. The molecule has 1 N–H and O–H groups in total. The van der Waals surface area contributed by atoms with Gasteiger partial charge in [0.25, 0.3) is 0 Å². The average Bonchev–Trinajstić information content (AvgIpc) is 3.23. The number of rotatable bonds is 5. The standard InChI is InChI=1S/C21H23F3N6O3/c1-4-33-20(32)29(3)16-12-30(28-17(16)15-7-5-13(2)6-8-15)19(31)27-11-14-9-25-18(26-10-14)21(22,23)24/h5-10,16H,4,11-12H2,1-3H3,(H,27,31). The van der Waals surface area contributed by atoms with Crippen LogP contribution in [0.1, 0.15) is 29.4 Å². The number of ether oxygens (including phenoxy) is 1. The van der Waals surface area contributed by atoms with Gasteiger partial charge in [-0.2, -0.15) is 18.3 Å². The zero-order chi connectivity index (χ0) is 24.2. The van der Waals surface area contributed by atoms with E-state index in [1.54, 1.807) is 14.0 Å². The number of hydrogen-bond acceptors (Lipinski definition) is 6. The number of alkyl halides is 3. The van der Waals surface area contributed by atoms with Gasteiger partial charge in [0.1, 0.15) is 0 Å². The predicted octanol–water partition coefficient (Wildman–Crippen LogP) is 3.19. The Balaban J connectivity index is 1.74. The van der Waals surface area contributed by atoms with Crippen LogP contribution in [0.25, 0.3) is 0 Å². The molecule has 0 bridgehead atoms. The van der Waals surface area contributed by atoms with Crippen LogP contribution in [0.2, 0.25) is 0 Å². The Labute approximate surface area is 188 Å². The first-order valence-electron chi connectivity index (χ1n) is 10.1. The molecule has 1 unspecified atom stereocenters. The highest BCUT2D eigenvalue weighted by Crippen LogP contribution is 2.25. The topological polar surface area (TPSA) is 100 Å². The van der Waals surface area contributed by atoms with Crippen LogP contribution < -0.4 is 5.32 Å². The lowest BCUT2D eigenvalue weighted by Crippen LogP contribution is -2.46. The van der Waals surface area contributed by atoms with Gasteiger partial charge >= 0.3 is 18.3 Å². The smallest absolute Gasteiger partial charge is 0.450 e. The molecule has 176 valence electrons. The third-order valence-corrected chi connectivity index (χ3v) is 4.90. The van der Waals surface area contributed by atoms with E-state index in [0.29, 0.717) is 11.3 Å². The number of benzene rings is 1. The maximum absolute atomic E-state index is 12.7. The number of carbonyl (C=O) groups is 2. The van der Waals surface area contributed by atoms with Crippen LogP contribution in [-0.4, -0.2) is 64.0 Å². The first-order chi connectivity index (χ1) is 15.6. The number of aromatic nitrogens is 2. The molecule has 1 aromatic heterocycles. The fourth-order valence-corrected chi connectivity index (χ4v) is 3.11. The van der Waals surface area contributed by atoms with Crippen LogP contribution in [0.3, 0.4) is 0 Å². The lowest BCUT2D eigenvalue weighted by Gasteiger charge is -2.25. The molecular weight excluding hydrogens is 441 g/mol. The molecule has 0 saturated heterocycles. The van der Waals surface area contributed by atoms with Crippen LogP contribution >= 0.6 is 0 Å². The number of aryl methyl sites for hydroxylation is 1. The SMILES string of the molecule is CCOC(=O)N(C)C1CN(C(=O)NCc2cnc(C(F)(F)F)nc2)N=C1c1ccc(C)cc1. The molecule has 1 aromatic carbocycles. The van der Waals surface area contributed by atoms with Crippen molar-refractivity contribution < 1.29 is 27.5 Å². The summed E-state index contributed by atoms with van der Waals surface area (Å²) in [7, 11) is 1.56. The molecule has 12 heteroatoms. The molecule has 0 spiro atoms. The van der Waals surface area contributed by atoms with Crippen LogP contribution in [0.15, 0.2) is 41.8 Å². The summed E-state index contributed by atoms with van der Waals surface area (Å²) in [5.74, 6) is -1.26. The molecular formula is C21H23F3N6O3. The largest absolute Gasteiger partial charge is 0.451 e. The number of halogens is 3. The van der Waals surface area contributed by atoms with Gasteiger partial charge in [-0.25, -0.2) is 24.6 Å². The van der Waals surface area contributed by atoms with Crippen molar-refractivity contribution in [1.29, 1.82) is 0 Å². The van der Waals surface area contributed by atoms with E-state index in [9.17, 15) is 22.8 Å². The molecule has 0 saturated carbocycles. The highest BCUT2D eigenvalue weighted by molar-refractivity contribution is 6.07. The number of urea groups is 1. The van der Waals surface area contributed by atoms with E-state index in [-0.39, 0.29) is 19.7 Å². The Kier molecular flexibility index (Phi) is 7.14. The molecule has 2 aromatic rings. The third-order valence-electron chi connectivity index (χ3n) is 4.90. The molecule has 2 heterocycles. The van der Waals surface area contributed by atoms with Crippen molar-refractivity contribution in [2.75, 3.05) is 20.2 Å². The van der Waals surface area contributed by atoms with Gasteiger partial charge in [0.2, 0.25) is 5.82 Å². The van der Waals surface area contributed by atoms with Crippen LogP contribution in [0, 0.1) is 6.92 Å². The molecule has 0 aliphatic carbocycles. The summed E-state index contributed by atoms with van der Waals surface area (Å²) in [6, 6.07) is 6.35. The van der Waals surface area contributed by atoms with Gasteiger partial charge in [-0.3, -0.25) is 0 Å². The zero-order valence-corrected chi connectivity index (χ0v) is 18.3. The number of nitrogens with one attached hydrogen (secondary N) is 1. The number of carbonyl (C=O) groups excluding carboxylic acids is 2. The van der Waals surface area contributed by atoms with Gasteiger partial charge in [0.05, 0.1) is 24.9 Å². The van der Waals surface area contributed by atoms with Gasteiger partial charge < -0.3 is 15.0 Å². The van der Waals surface area contributed by atoms with Crippen LogP contribution in [0.5, 0.6) is 0 Å². The molecule has 3 rings (SSSR count). The molecule has 1 aliphatic rings. The quantitative estimate of drug-likeness (QED) is 0.733. The minimum absolute atomic E-state index is 0.0773. The minimum Gasteiger partial charge on any atom is -0.450 e. The van der Waals surface area contributed by atoms with Crippen molar-refractivity contribution in [1.82, 2.24) is 25.2 Å². The highest BCUT2D eigenvalue weighted by atomic mass is 19.4. The highest BCUT2D eigenvalue weighted by Gasteiger charge is 2.36. The van der Waals surface area contributed by atoms with Crippen molar-refractivity contribution in [2.24, 2.45) is 5.10 Å². The fourth-order valence-electron chi connectivity index (χ4n) is 3.11. The summed E-state index contributed by atoms with van der Waals surface area (Å²) in [4.78, 5) is 32.9. The van der Waals surface area contributed by atoms with Crippen molar-refractivity contribution >= 4 is 17.8 Å². The molecule has 3 amide bonds. The first kappa shape index (κ1) is 24.0. The third kappa shape index (κ3) is 5.76. The van der Waals surface area contributed by atoms with Gasteiger partial charge in [-0.1, -0.05) is 29.8 Å². The van der Waals surface area contributed by atoms with E-state index in [4.69, 9.17) is 4.74 Å². The second-order valence-corrected chi connectivity index (χ2v) is 7.33. The van der Waals surface area contributed by atoms with E-state index >= 15 is 0 Å². The minimum atomic E-state index is -4.64. The molecule has 1 atom stereocenters. The van der Waals surface area contributed by atoms with Crippen molar-refractivity contribution in [2.45, 2.75) is 32.6 Å². The molecule has 0 radical (unpaired) electrons. The summed E-state index contributed by atoms with van der Waals surface area (Å²) in [5, 5.41) is 8.15. The van der Waals surface area contributed by atoms with Crippen LogP contribution in [0.4, 0.5) is 22.8 Å². The van der Waals surface area contributed by atoms with Gasteiger partial charge in [0, 0.05) is 31.5 Å². The maximum Gasteiger partial charge on any atom is 0.451 e. The zero-order valence-electron chi connectivity index (χ0n) is 18.3. The van der Waals surface area contributed by atoms with Crippen molar-refractivity contribution in [3.63, 3.8) is 0 Å². The first-order valence-corrected chi connectivity index (χ1v) is 10.1. The number of nitrogens with zero attached hydrogens (tertiary/aromatic N) is 5. The van der Waals surface area contributed by atoms with Gasteiger partial charge in [0.15, 0.2) is 0 Å². The predicted molar refractivity (Wildman–Crippen MR) is 112 cm³/mol. The Bertz CT molecular complexity index is 1030. The normalized spacial score (nSPS) is 15.8. The monoisotopic (exact) mass is 464 g/mol. The van der Waals surface area contributed by atoms with E-state index < -0.39 is 30.2 Å². The Hall–Kier alpha value is -3.70. The number of hydrogen-bond donors (Lipinski definition) is 1. The molecule has 0 fully saturated rings. The van der Waals surface area contributed by atoms with Crippen LogP contribution in [-0.2, 0) is 17.5 Å². The van der Waals surface area contributed by atoms with E-state index in [1.807, 2.05) is 31.2 Å². The number of hydrazone groups is 1. The van der Waals surface area contributed by atoms with E-state index in [1.165, 1.54) is 9.91 Å². The summed E-state index contributed by atoms with van der Waals surface area (Å²) < 4.78 is 42.8. The molecule has 1 aliphatic heterocycles. The maximum atomic E-state index is 12.7. The molecule has 33 heavy (non-hydrogen) atoms. The Morgan fingerprint density at radius 3 is 2.42 bits per heavy atom. The van der Waals surface area contributed by atoms with Gasteiger partial charge in [-0.05, 0) is 19.4 Å². The lowest BCUT2D eigenvalue weighted by molar-refractivity contribution is -0.145. The molecule has 9 nitrogen and oxygen atoms in total. The summed E-state index contributed by atoms with van der Waals surface area (Å²) in [6.07, 6.45) is -3.19. The number of likely N-dealkylation sites (N-methyl/N-ethyl adjacent to an activating group) is 1. The fraction of sp³-hybridized carbons (Fsp3) is 0.381. The second-order valence-electron chi connectivity index (χ2n) is 7.33. The Morgan fingerprint density at radius 1 is 1.21 bits per heavy atom. The number of amides is 3. The van der Waals surface area contributed by atoms with Crippen molar-refractivity contribution in [3.05, 3.63) is 59.2 Å². The van der Waals surface area contributed by atoms with E-state index in [2.05, 4.69) is 20.4 Å². The summed E-state index contributed by atoms with van der Waals surface area (Å²) in [5.41, 5.74) is 2.59.